The molecule has 0 unspecified atom stereocenters. The number of hydrogen-bond donors (Lipinski definition) is 3. The van der Waals surface area contributed by atoms with Gasteiger partial charge in [-0.1, -0.05) is 13.8 Å². The fourth-order valence-corrected chi connectivity index (χ4v) is 0.674. The van der Waals surface area contributed by atoms with Crippen molar-refractivity contribution < 1.29 is 9.59 Å². The summed E-state index contributed by atoms with van der Waals surface area (Å²) >= 11 is 0. The lowest BCUT2D eigenvalue weighted by Gasteiger charge is -2.06. The van der Waals surface area contributed by atoms with E-state index in [1.54, 1.807) is 0 Å². The van der Waals surface area contributed by atoms with E-state index in [0.29, 0.717) is 12.6 Å². The number of carbonyl (C=O) groups is 2. The van der Waals surface area contributed by atoms with Crippen molar-refractivity contribution in [2.24, 2.45) is 5.73 Å². The van der Waals surface area contributed by atoms with Crippen molar-refractivity contribution in [2.45, 2.75) is 26.3 Å². The standard InChI is InChI=1S/C7H15N3O2/c1-5(2)9-4-3-6(11)10-7(8)12/h5,9H,3-4H2,1-2H3,(H3,8,10,11,12). The topological polar surface area (TPSA) is 84.2 Å². The zero-order valence-corrected chi connectivity index (χ0v) is 7.39. The van der Waals surface area contributed by atoms with Crippen LogP contribution in [0.2, 0.25) is 0 Å². The number of imide groups is 1. The van der Waals surface area contributed by atoms with Crippen molar-refractivity contribution in [3.63, 3.8) is 0 Å². The van der Waals surface area contributed by atoms with Crippen molar-refractivity contribution in [3.05, 3.63) is 0 Å². The molecule has 5 heteroatoms. The summed E-state index contributed by atoms with van der Waals surface area (Å²) in [6, 6.07) is -0.462. The molecule has 0 aliphatic heterocycles. The molecule has 0 spiro atoms. The van der Waals surface area contributed by atoms with E-state index in [1.807, 2.05) is 19.2 Å². The van der Waals surface area contributed by atoms with E-state index < -0.39 is 6.03 Å². The number of nitrogens with two attached hydrogens (primary N) is 1. The normalized spacial score (nSPS) is 9.92. The average molecular weight is 173 g/mol. The Kier molecular flexibility index (Phi) is 5.03. The van der Waals surface area contributed by atoms with Crippen LogP contribution < -0.4 is 16.4 Å². The van der Waals surface area contributed by atoms with Gasteiger partial charge in [0.2, 0.25) is 5.91 Å². The Hall–Kier alpha value is -1.10. The fourth-order valence-electron chi connectivity index (χ4n) is 0.674. The maximum Gasteiger partial charge on any atom is 0.318 e. The predicted molar refractivity (Wildman–Crippen MR) is 45.5 cm³/mol. The molecule has 3 amide bonds. The molecule has 4 N–H and O–H groups in total. The van der Waals surface area contributed by atoms with Crippen LogP contribution in [-0.4, -0.2) is 24.5 Å². The molecule has 0 heterocycles. The molecule has 0 saturated heterocycles. The summed E-state index contributed by atoms with van der Waals surface area (Å²) in [5, 5.41) is 5.01. The van der Waals surface area contributed by atoms with Crippen LogP contribution in [0.3, 0.4) is 0 Å². The van der Waals surface area contributed by atoms with E-state index >= 15 is 0 Å². The van der Waals surface area contributed by atoms with Crippen molar-refractivity contribution in [1.82, 2.24) is 10.6 Å². The van der Waals surface area contributed by atoms with Crippen LogP contribution in [-0.2, 0) is 4.79 Å². The summed E-state index contributed by atoms with van der Waals surface area (Å²) in [6.45, 7) is 4.51. The van der Waals surface area contributed by atoms with Crippen LogP contribution in [0.4, 0.5) is 4.79 Å². The highest BCUT2D eigenvalue weighted by Crippen LogP contribution is 1.80. The van der Waals surface area contributed by atoms with Crippen molar-refractivity contribution in [3.8, 4) is 0 Å². The smallest absolute Gasteiger partial charge is 0.318 e. The van der Waals surface area contributed by atoms with Gasteiger partial charge < -0.3 is 11.1 Å². The molecule has 0 radical (unpaired) electrons. The monoisotopic (exact) mass is 173 g/mol. The van der Waals surface area contributed by atoms with Crippen LogP contribution in [0, 0.1) is 0 Å². The molecule has 0 aliphatic carbocycles. The number of hydrogen-bond acceptors (Lipinski definition) is 3. The fraction of sp³-hybridized carbons (Fsp3) is 0.714. The Morgan fingerprint density at radius 3 is 2.42 bits per heavy atom. The van der Waals surface area contributed by atoms with E-state index in [2.05, 4.69) is 5.32 Å². The summed E-state index contributed by atoms with van der Waals surface area (Å²) in [4.78, 5) is 21.0. The van der Waals surface area contributed by atoms with Crippen molar-refractivity contribution in [1.29, 1.82) is 0 Å². The zero-order chi connectivity index (χ0) is 9.56. The van der Waals surface area contributed by atoms with E-state index in [1.165, 1.54) is 0 Å². The maximum absolute atomic E-state index is 10.8. The molecule has 0 aromatic rings. The first-order valence-electron chi connectivity index (χ1n) is 3.85. The van der Waals surface area contributed by atoms with Gasteiger partial charge in [-0.2, -0.15) is 0 Å². The number of nitrogens with one attached hydrogen (secondary N) is 2. The highest BCUT2D eigenvalue weighted by Gasteiger charge is 2.02. The molecule has 0 aromatic carbocycles. The number of amides is 3. The number of carbonyl (C=O) groups excluding carboxylic acids is 2. The minimum Gasteiger partial charge on any atom is -0.351 e. The lowest BCUT2D eigenvalue weighted by atomic mass is 10.3. The second kappa shape index (κ2) is 5.54. The molecular weight excluding hydrogens is 158 g/mol. The van der Waals surface area contributed by atoms with Gasteiger partial charge in [-0.3, -0.25) is 10.1 Å². The SMILES string of the molecule is CC(C)NCCC(=O)NC(N)=O. The minimum atomic E-state index is -0.801. The van der Waals surface area contributed by atoms with Crippen molar-refractivity contribution in [2.75, 3.05) is 6.54 Å². The third kappa shape index (κ3) is 7.01. The van der Waals surface area contributed by atoms with Gasteiger partial charge in [0.25, 0.3) is 0 Å². The molecule has 0 atom stereocenters. The second-order valence-electron chi connectivity index (χ2n) is 2.77. The van der Waals surface area contributed by atoms with E-state index in [-0.39, 0.29) is 12.3 Å². The van der Waals surface area contributed by atoms with Crippen molar-refractivity contribution >= 4 is 11.9 Å². The highest BCUT2D eigenvalue weighted by atomic mass is 16.2. The van der Waals surface area contributed by atoms with Gasteiger partial charge in [0, 0.05) is 19.0 Å². The van der Waals surface area contributed by atoms with Gasteiger partial charge in [0.05, 0.1) is 0 Å². The summed E-state index contributed by atoms with van der Waals surface area (Å²) < 4.78 is 0. The number of rotatable bonds is 4. The molecule has 70 valence electrons. The zero-order valence-electron chi connectivity index (χ0n) is 7.39. The first-order valence-corrected chi connectivity index (χ1v) is 3.85. The molecule has 0 aromatic heterocycles. The minimum absolute atomic E-state index is 0.265. The van der Waals surface area contributed by atoms with E-state index in [4.69, 9.17) is 5.73 Å². The Bertz CT molecular complexity index is 168. The molecule has 0 aliphatic rings. The maximum atomic E-state index is 10.8. The Morgan fingerprint density at radius 1 is 1.42 bits per heavy atom. The molecule has 0 bridgehead atoms. The highest BCUT2D eigenvalue weighted by molar-refractivity contribution is 5.93. The third-order valence-corrected chi connectivity index (χ3v) is 1.17. The molecule has 0 rings (SSSR count). The van der Waals surface area contributed by atoms with Crippen LogP contribution in [0.1, 0.15) is 20.3 Å². The van der Waals surface area contributed by atoms with Gasteiger partial charge in [-0.05, 0) is 0 Å². The van der Waals surface area contributed by atoms with E-state index in [9.17, 15) is 9.59 Å². The average Bonchev–Trinajstić information content (AvgIpc) is 1.84. The molecule has 12 heavy (non-hydrogen) atoms. The first kappa shape index (κ1) is 10.9. The largest absolute Gasteiger partial charge is 0.351 e. The van der Waals surface area contributed by atoms with E-state index in [0.717, 1.165) is 0 Å². The number of urea groups is 1. The van der Waals surface area contributed by atoms with Gasteiger partial charge in [0.1, 0.15) is 0 Å². The van der Waals surface area contributed by atoms with Gasteiger partial charge in [0.15, 0.2) is 0 Å². The lowest BCUT2D eigenvalue weighted by Crippen LogP contribution is -2.37. The molecule has 0 fully saturated rings. The molecule has 0 saturated carbocycles. The first-order chi connectivity index (χ1) is 5.52. The van der Waals surface area contributed by atoms with Crippen LogP contribution in [0.5, 0.6) is 0 Å². The molecule has 5 nitrogen and oxygen atoms in total. The summed E-state index contributed by atoms with van der Waals surface area (Å²) in [5.41, 5.74) is 4.73. The van der Waals surface area contributed by atoms with Crippen LogP contribution in [0.15, 0.2) is 0 Å². The predicted octanol–water partition coefficient (Wildman–Crippen LogP) is -0.431. The Labute approximate surface area is 71.7 Å². The number of primary amides is 1. The summed E-state index contributed by atoms with van der Waals surface area (Å²) in [5.74, 6) is -0.351. The Morgan fingerprint density at radius 2 is 2.00 bits per heavy atom. The second-order valence-corrected chi connectivity index (χ2v) is 2.77. The summed E-state index contributed by atoms with van der Waals surface area (Å²) in [7, 11) is 0. The van der Waals surface area contributed by atoms with Crippen LogP contribution in [0.25, 0.3) is 0 Å². The lowest BCUT2D eigenvalue weighted by molar-refractivity contribution is -0.119. The third-order valence-electron chi connectivity index (χ3n) is 1.17. The van der Waals surface area contributed by atoms with Gasteiger partial charge in [-0.15, -0.1) is 0 Å². The Balaban J connectivity index is 3.38. The van der Waals surface area contributed by atoms with Gasteiger partial charge in [-0.25, -0.2) is 4.79 Å². The quantitative estimate of drug-likeness (QED) is 0.539. The van der Waals surface area contributed by atoms with Gasteiger partial charge >= 0.3 is 6.03 Å². The molecular formula is C7H15N3O2. The van der Waals surface area contributed by atoms with Crippen LogP contribution >= 0.6 is 0 Å². The summed E-state index contributed by atoms with van der Waals surface area (Å²) in [6.07, 6.45) is 0.265.